The second-order valence-corrected chi connectivity index (χ2v) is 6.37. The highest BCUT2D eigenvalue weighted by Crippen LogP contribution is 2.14. The molecule has 2 unspecified atom stereocenters. The van der Waals surface area contributed by atoms with Gasteiger partial charge in [-0.3, -0.25) is 9.69 Å². The van der Waals surface area contributed by atoms with Gasteiger partial charge in [-0.2, -0.15) is 0 Å². The van der Waals surface area contributed by atoms with Crippen LogP contribution in [0, 0.1) is 0 Å². The third-order valence-corrected chi connectivity index (χ3v) is 4.39. The summed E-state index contributed by atoms with van der Waals surface area (Å²) in [4.78, 5) is 16.6. The second kappa shape index (κ2) is 7.96. The summed E-state index contributed by atoms with van der Waals surface area (Å²) < 4.78 is 0. The molecule has 1 saturated heterocycles. The molecular formula is C15H32N4O. The van der Waals surface area contributed by atoms with Crippen LogP contribution < -0.4 is 11.1 Å². The number of amides is 1. The number of carbonyl (C=O) groups is 1. The number of hydrogen-bond acceptors (Lipinski definition) is 4. The molecule has 1 fully saturated rings. The van der Waals surface area contributed by atoms with Gasteiger partial charge in [0.1, 0.15) is 0 Å². The van der Waals surface area contributed by atoms with Gasteiger partial charge in [0.2, 0.25) is 5.91 Å². The Balaban J connectivity index is 2.55. The normalized spacial score (nSPS) is 25.1. The van der Waals surface area contributed by atoms with Crippen molar-refractivity contribution in [3.8, 4) is 0 Å². The molecule has 1 aliphatic rings. The van der Waals surface area contributed by atoms with Crippen molar-refractivity contribution in [2.45, 2.75) is 51.6 Å². The van der Waals surface area contributed by atoms with Crippen molar-refractivity contribution < 1.29 is 4.79 Å². The van der Waals surface area contributed by atoms with E-state index in [1.807, 2.05) is 6.92 Å². The Kier molecular flexibility index (Phi) is 6.92. The van der Waals surface area contributed by atoms with Gasteiger partial charge >= 0.3 is 0 Å². The zero-order valence-electron chi connectivity index (χ0n) is 13.6. The maximum Gasteiger partial charge on any atom is 0.237 e. The van der Waals surface area contributed by atoms with Crippen LogP contribution in [0.1, 0.15) is 40.0 Å². The third-order valence-electron chi connectivity index (χ3n) is 4.39. The Morgan fingerprint density at radius 1 is 1.45 bits per heavy atom. The predicted octanol–water partition coefficient (Wildman–Crippen LogP) is 0.646. The smallest absolute Gasteiger partial charge is 0.237 e. The van der Waals surface area contributed by atoms with Crippen LogP contribution in [-0.2, 0) is 4.79 Å². The molecule has 0 saturated carbocycles. The zero-order chi connectivity index (χ0) is 15.2. The number of primary amides is 1. The van der Waals surface area contributed by atoms with Crippen LogP contribution >= 0.6 is 0 Å². The van der Waals surface area contributed by atoms with E-state index < -0.39 is 5.54 Å². The van der Waals surface area contributed by atoms with E-state index in [1.54, 1.807) is 0 Å². The topological polar surface area (TPSA) is 61.6 Å². The number of carbonyl (C=O) groups excluding carboxylic acids is 1. The van der Waals surface area contributed by atoms with Gasteiger partial charge in [0.25, 0.3) is 0 Å². The van der Waals surface area contributed by atoms with Gasteiger partial charge in [0.05, 0.1) is 5.54 Å². The molecule has 20 heavy (non-hydrogen) atoms. The molecule has 118 valence electrons. The van der Waals surface area contributed by atoms with E-state index in [0.717, 1.165) is 45.6 Å². The SMILES string of the molecule is CCCNC(C)(CCN1CCCN(C)CC1C)C(N)=O. The number of nitrogens with zero attached hydrogens (tertiary/aromatic N) is 2. The van der Waals surface area contributed by atoms with Crippen molar-refractivity contribution in [2.24, 2.45) is 5.73 Å². The van der Waals surface area contributed by atoms with E-state index in [0.29, 0.717) is 6.04 Å². The standard InChI is InChI=1S/C15H32N4O/c1-5-8-17-15(3,14(16)20)7-11-19-10-6-9-18(4)12-13(19)2/h13,17H,5-12H2,1-4H3,(H2,16,20). The van der Waals surface area contributed by atoms with Crippen LogP contribution in [0.15, 0.2) is 0 Å². The molecule has 5 heteroatoms. The molecule has 3 N–H and O–H groups in total. The minimum Gasteiger partial charge on any atom is -0.368 e. The average Bonchev–Trinajstić information content (AvgIpc) is 2.54. The van der Waals surface area contributed by atoms with Crippen molar-refractivity contribution in [3.05, 3.63) is 0 Å². The van der Waals surface area contributed by atoms with Crippen LogP contribution in [0.4, 0.5) is 0 Å². The number of hydrogen-bond donors (Lipinski definition) is 2. The summed E-state index contributed by atoms with van der Waals surface area (Å²) in [6.07, 6.45) is 2.97. The monoisotopic (exact) mass is 284 g/mol. The van der Waals surface area contributed by atoms with Crippen molar-refractivity contribution in [1.29, 1.82) is 0 Å². The predicted molar refractivity (Wildman–Crippen MR) is 83.7 cm³/mol. The molecule has 1 rings (SSSR count). The first-order chi connectivity index (χ1) is 9.39. The lowest BCUT2D eigenvalue weighted by Crippen LogP contribution is -2.55. The van der Waals surface area contributed by atoms with Gasteiger partial charge < -0.3 is 16.0 Å². The summed E-state index contributed by atoms with van der Waals surface area (Å²) >= 11 is 0. The quantitative estimate of drug-likeness (QED) is 0.720. The van der Waals surface area contributed by atoms with Crippen molar-refractivity contribution in [2.75, 3.05) is 39.8 Å². The van der Waals surface area contributed by atoms with Crippen molar-refractivity contribution in [3.63, 3.8) is 0 Å². The zero-order valence-corrected chi connectivity index (χ0v) is 13.6. The van der Waals surface area contributed by atoms with Gasteiger partial charge in [0.15, 0.2) is 0 Å². The van der Waals surface area contributed by atoms with Crippen LogP contribution in [0.3, 0.4) is 0 Å². The van der Waals surface area contributed by atoms with E-state index in [-0.39, 0.29) is 5.91 Å². The van der Waals surface area contributed by atoms with E-state index in [1.165, 1.54) is 6.42 Å². The highest BCUT2D eigenvalue weighted by Gasteiger charge is 2.31. The third kappa shape index (κ3) is 5.04. The molecule has 0 aromatic carbocycles. The number of nitrogens with two attached hydrogens (primary N) is 1. The summed E-state index contributed by atoms with van der Waals surface area (Å²) in [5.41, 5.74) is 5.00. The average molecular weight is 284 g/mol. The Bertz CT molecular complexity index is 310. The van der Waals surface area contributed by atoms with E-state index in [9.17, 15) is 4.79 Å². The Labute approximate surface area is 123 Å². The molecule has 0 aliphatic carbocycles. The largest absolute Gasteiger partial charge is 0.368 e. The van der Waals surface area contributed by atoms with Crippen LogP contribution in [0.25, 0.3) is 0 Å². The van der Waals surface area contributed by atoms with E-state index >= 15 is 0 Å². The fourth-order valence-electron chi connectivity index (χ4n) is 2.82. The van der Waals surface area contributed by atoms with Crippen LogP contribution in [-0.4, -0.2) is 67.1 Å². The molecule has 0 bridgehead atoms. The Morgan fingerprint density at radius 3 is 2.75 bits per heavy atom. The molecule has 1 aliphatic heterocycles. The van der Waals surface area contributed by atoms with Gasteiger partial charge in [-0.1, -0.05) is 6.92 Å². The van der Waals surface area contributed by atoms with E-state index in [2.05, 4.69) is 36.0 Å². The molecule has 5 nitrogen and oxygen atoms in total. The maximum absolute atomic E-state index is 11.7. The van der Waals surface area contributed by atoms with Gasteiger partial charge in [-0.05, 0) is 59.8 Å². The van der Waals surface area contributed by atoms with Gasteiger partial charge in [-0.25, -0.2) is 0 Å². The molecule has 0 spiro atoms. The maximum atomic E-state index is 11.7. The Morgan fingerprint density at radius 2 is 2.15 bits per heavy atom. The highest BCUT2D eigenvalue weighted by atomic mass is 16.1. The molecule has 0 aromatic heterocycles. The first-order valence-electron chi connectivity index (χ1n) is 7.86. The molecular weight excluding hydrogens is 252 g/mol. The lowest BCUT2D eigenvalue weighted by atomic mass is 9.96. The second-order valence-electron chi connectivity index (χ2n) is 6.37. The summed E-state index contributed by atoms with van der Waals surface area (Å²) in [6, 6.07) is 0.533. The lowest BCUT2D eigenvalue weighted by Gasteiger charge is -2.33. The minimum absolute atomic E-state index is 0.245. The summed E-state index contributed by atoms with van der Waals surface area (Å²) in [5.74, 6) is -0.245. The highest BCUT2D eigenvalue weighted by molar-refractivity contribution is 5.84. The number of likely N-dealkylation sites (N-methyl/N-ethyl adjacent to an activating group) is 1. The minimum atomic E-state index is -0.589. The summed E-state index contributed by atoms with van der Waals surface area (Å²) in [5, 5.41) is 3.31. The molecule has 0 aromatic rings. The lowest BCUT2D eigenvalue weighted by molar-refractivity contribution is -0.124. The summed E-state index contributed by atoms with van der Waals surface area (Å²) in [6.45, 7) is 11.4. The molecule has 2 atom stereocenters. The van der Waals surface area contributed by atoms with E-state index in [4.69, 9.17) is 5.73 Å². The summed E-state index contributed by atoms with van der Waals surface area (Å²) in [7, 11) is 2.18. The van der Waals surface area contributed by atoms with Crippen molar-refractivity contribution in [1.82, 2.24) is 15.1 Å². The Hall–Kier alpha value is -0.650. The van der Waals surface area contributed by atoms with Gasteiger partial charge in [-0.15, -0.1) is 0 Å². The fourth-order valence-corrected chi connectivity index (χ4v) is 2.82. The van der Waals surface area contributed by atoms with Crippen molar-refractivity contribution >= 4 is 5.91 Å². The first kappa shape index (κ1) is 17.4. The number of nitrogens with one attached hydrogen (secondary N) is 1. The first-order valence-corrected chi connectivity index (χ1v) is 7.86. The fraction of sp³-hybridized carbons (Fsp3) is 0.933. The van der Waals surface area contributed by atoms with Crippen LogP contribution in [0.2, 0.25) is 0 Å². The molecule has 0 radical (unpaired) electrons. The number of rotatable bonds is 7. The van der Waals surface area contributed by atoms with Gasteiger partial charge in [0, 0.05) is 19.1 Å². The van der Waals surface area contributed by atoms with Crippen LogP contribution in [0.5, 0.6) is 0 Å². The molecule has 1 amide bonds. The molecule has 1 heterocycles.